The van der Waals surface area contributed by atoms with Crippen LogP contribution in [0.15, 0.2) is 36.4 Å². The lowest BCUT2D eigenvalue weighted by Crippen LogP contribution is -2.15. The van der Waals surface area contributed by atoms with Gasteiger partial charge in [0, 0.05) is 11.1 Å². The van der Waals surface area contributed by atoms with Crippen molar-refractivity contribution < 1.29 is 18.4 Å². The minimum absolute atomic E-state index is 0.140. The molecular weight excluding hydrogens is 309 g/mol. The quantitative estimate of drug-likeness (QED) is 0.624. The van der Waals surface area contributed by atoms with Crippen molar-refractivity contribution in [1.82, 2.24) is 0 Å². The fourth-order valence-corrected chi connectivity index (χ4v) is 2.10. The zero-order chi connectivity index (χ0) is 14.9. The first kappa shape index (κ1) is 14.6. The average molecular weight is 315 g/mol. The molecule has 0 radical (unpaired) electrons. The van der Waals surface area contributed by atoms with Gasteiger partial charge in [0.05, 0.1) is 10.0 Å². The Bertz CT molecular complexity index is 653. The van der Waals surface area contributed by atoms with Crippen molar-refractivity contribution in [2.75, 3.05) is 0 Å². The largest absolute Gasteiger partial charge is 0.285 e. The van der Waals surface area contributed by atoms with E-state index in [2.05, 4.69) is 0 Å². The van der Waals surface area contributed by atoms with Gasteiger partial charge in [0.1, 0.15) is 11.6 Å². The molecule has 2 rings (SSSR count). The molecule has 0 bridgehead atoms. The van der Waals surface area contributed by atoms with E-state index >= 15 is 0 Å². The molecule has 0 aliphatic carbocycles. The van der Waals surface area contributed by atoms with Gasteiger partial charge in [-0.05, 0) is 36.4 Å². The third-order valence-corrected chi connectivity index (χ3v) is 3.18. The van der Waals surface area contributed by atoms with Crippen LogP contribution in [0.4, 0.5) is 8.78 Å². The van der Waals surface area contributed by atoms with Crippen LogP contribution in [-0.4, -0.2) is 11.6 Å². The standard InChI is InChI=1S/C14H6Cl2F2O2/c15-11-5-7(17)1-3-9(11)13(19)14(20)10-4-2-8(18)6-12(10)16/h1-6H. The van der Waals surface area contributed by atoms with E-state index < -0.39 is 23.2 Å². The Hall–Kier alpha value is -1.78. The van der Waals surface area contributed by atoms with Gasteiger partial charge in [-0.2, -0.15) is 0 Å². The zero-order valence-electron chi connectivity index (χ0n) is 9.79. The minimum Gasteiger partial charge on any atom is -0.285 e. The molecule has 0 saturated heterocycles. The maximum atomic E-state index is 12.9. The van der Waals surface area contributed by atoms with Gasteiger partial charge in [-0.1, -0.05) is 23.2 Å². The molecule has 0 unspecified atom stereocenters. The third kappa shape index (κ3) is 2.86. The number of Topliss-reactive ketones (excluding diaryl/α,β-unsaturated/α-hetero) is 2. The second-order valence-electron chi connectivity index (χ2n) is 3.91. The summed E-state index contributed by atoms with van der Waals surface area (Å²) in [5.74, 6) is -3.13. The van der Waals surface area contributed by atoms with Gasteiger partial charge < -0.3 is 0 Å². The fourth-order valence-electron chi connectivity index (χ4n) is 1.59. The molecule has 20 heavy (non-hydrogen) atoms. The predicted octanol–water partition coefficient (Wildman–Crippen LogP) is 4.34. The highest BCUT2D eigenvalue weighted by atomic mass is 35.5. The highest BCUT2D eigenvalue weighted by Gasteiger charge is 2.23. The smallest absolute Gasteiger partial charge is 0.235 e. The van der Waals surface area contributed by atoms with Crippen LogP contribution in [0.25, 0.3) is 0 Å². The van der Waals surface area contributed by atoms with Crippen molar-refractivity contribution in [3.8, 4) is 0 Å². The molecule has 2 nitrogen and oxygen atoms in total. The molecule has 0 saturated carbocycles. The number of benzene rings is 2. The maximum Gasteiger partial charge on any atom is 0.235 e. The highest BCUT2D eigenvalue weighted by Crippen LogP contribution is 2.23. The number of halogens is 4. The highest BCUT2D eigenvalue weighted by molar-refractivity contribution is 6.53. The molecule has 0 atom stereocenters. The molecule has 0 fully saturated rings. The average Bonchev–Trinajstić information content (AvgIpc) is 2.37. The Morgan fingerprint density at radius 2 is 1.10 bits per heavy atom. The lowest BCUT2D eigenvalue weighted by molar-refractivity contribution is 0.0817. The van der Waals surface area contributed by atoms with Crippen molar-refractivity contribution in [3.05, 3.63) is 69.2 Å². The molecule has 2 aromatic rings. The van der Waals surface area contributed by atoms with Crippen LogP contribution in [0.5, 0.6) is 0 Å². The topological polar surface area (TPSA) is 34.1 Å². The van der Waals surface area contributed by atoms with Crippen LogP contribution in [0, 0.1) is 11.6 Å². The van der Waals surface area contributed by atoms with Crippen molar-refractivity contribution in [3.63, 3.8) is 0 Å². The Labute approximate surface area is 122 Å². The second-order valence-corrected chi connectivity index (χ2v) is 4.72. The molecule has 0 aliphatic heterocycles. The van der Waals surface area contributed by atoms with Gasteiger partial charge in [-0.3, -0.25) is 9.59 Å². The number of carbonyl (C=O) groups excluding carboxylic acids is 2. The second kappa shape index (κ2) is 5.69. The van der Waals surface area contributed by atoms with Crippen molar-refractivity contribution >= 4 is 34.8 Å². The van der Waals surface area contributed by atoms with Crippen LogP contribution in [0.3, 0.4) is 0 Å². The van der Waals surface area contributed by atoms with Gasteiger partial charge in [0.25, 0.3) is 0 Å². The molecule has 0 N–H and O–H groups in total. The van der Waals surface area contributed by atoms with Crippen molar-refractivity contribution in [1.29, 1.82) is 0 Å². The number of hydrogen-bond acceptors (Lipinski definition) is 2. The SMILES string of the molecule is O=C(C(=O)c1ccc(F)cc1Cl)c1ccc(F)cc1Cl. The lowest BCUT2D eigenvalue weighted by atomic mass is 10.0. The molecule has 0 aliphatic rings. The molecular formula is C14H6Cl2F2O2. The fraction of sp³-hybridized carbons (Fsp3) is 0. The van der Waals surface area contributed by atoms with E-state index in [0.717, 1.165) is 36.4 Å². The first-order chi connectivity index (χ1) is 9.40. The Balaban J connectivity index is 2.40. The summed E-state index contributed by atoms with van der Waals surface area (Å²) in [6.07, 6.45) is 0. The summed E-state index contributed by atoms with van der Waals surface area (Å²) in [5, 5.41) is -0.358. The van der Waals surface area contributed by atoms with Gasteiger partial charge in [-0.25, -0.2) is 8.78 Å². The summed E-state index contributed by atoms with van der Waals surface area (Å²) in [6, 6.07) is 6.09. The molecule has 0 heterocycles. The van der Waals surface area contributed by atoms with E-state index in [1.807, 2.05) is 0 Å². The summed E-state index contributed by atoms with van der Waals surface area (Å²) in [4.78, 5) is 24.0. The zero-order valence-corrected chi connectivity index (χ0v) is 11.3. The van der Waals surface area contributed by atoms with Crippen LogP contribution < -0.4 is 0 Å². The summed E-state index contributed by atoms with van der Waals surface area (Å²) >= 11 is 11.4. The van der Waals surface area contributed by atoms with Crippen LogP contribution in [0.2, 0.25) is 10.0 Å². The molecule has 0 aromatic heterocycles. The number of carbonyl (C=O) groups is 2. The van der Waals surface area contributed by atoms with Crippen molar-refractivity contribution in [2.45, 2.75) is 0 Å². The normalized spacial score (nSPS) is 10.4. The molecule has 2 aromatic carbocycles. The summed E-state index contributed by atoms with van der Waals surface area (Å²) in [7, 11) is 0. The number of hydrogen-bond donors (Lipinski definition) is 0. The number of ketones is 2. The maximum absolute atomic E-state index is 12.9. The molecule has 0 amide bonds. The van der Waals surface area contributed by atoms with Crippen molar-refractivity contribution in [2.24, 2.45) is 0 Å². The predicted molar refractivity (Wildman–Crippen MR) is 71.5 cm³/mol. The van der Waals surface area contributed by atoms with Gasteiger partial charge >= 0.3 is 0 Å². The van der Waals surface area contributed by atoms with Crippen LogP contribution in [0.1, 0.15) is 20.7 Å². The summed E-state index contributed by atoms with van der Waals surface area (Å²) in [6.45, 7) is 0. The molecule has 102 valence electrons. The van der Waals surface area contributed by atoms with Gasteiger partial charge in [0.2, 0.25) is 11.6 Å². The first-order valence-electron chi connectivity index (χ1n) is 5.39. The molecule has 6 heteroatoms. The Kier molecular flexibility index (Phi) is 4.16. The van der Waals surface area contributed by atoms with Gasteiger partial charge in [-0.15, -0.1) is 0 Å². The molecule has 0 spiro atoms. The first-order valence-corrected chi connectivity index (χ1v) is 6.15. The van der Waals surface area contributed by atoms with E-state index in [4.69, 9.17) is 23.2 Å². The van der Waals surface area contributed by atoms with Crippen LogP contribution >= 0.6 is 23.2 Å². The Morgan fingerprint density at radius 3 is 1.40 bits per heavy atom. The van der Waals surface area contributed by atoms with Crippen LogP contribution in [-0.2, 0) is 0 Å². The van der Waals surface area contributed by atoms with E-state index in [1.54, 1.807) is 0 Å². The third-order valence-electron chi connectivity index (χ3n) is 2.56. The van der Waals surface area contributed by atoms with E-state index in [9.17, 15) is 18.4 Å². The number of rotatable bonds is 3. The summed E-state index contributed by atoms with van der Waals surface area (Å²) in [5.41, 5.74) is -0.281. The lowest BCUT2D eigenvalue weighted by Gasteiger charge is -2.05. The van der Waals surface area contributed by atoms with E-state index in [-0.39, 0.29) is 21.2 Å². The van der Waals surface area contributed by atoms with E-state index in [1.165, 1.54) is 0 Å². The monoisotopic (exact) mass is 314 g/mol. The van der Waals surface area contributed by atoms with E-state index in [0.29, 0.717) is 0 Å². The Morgan fingerprint density at radius 1 is 0.750 bits per heavy atom. The van der Waals surface area contributed by atoms with Gasteiger partial charge in [0.15, 0.2) is 0 Å². The summed E-state index contributed by atoms with van der Waals surface area (Å²) < 4.78 is 25.8. The minimum atomic E-state index is -0.941.